The van der Waals surface area contributed by atoms with Gasteiger partial charge in [0, 0.05) is 32.9 Å². The normalized spacial score (nSPS) is 11.7. The van der Waals surface area contributed by atoms with E-state index in [0.717, 1.165) is 24.3 Å². The number of hydrogen-bond donors (Lipinski definition) is 0. The largest absolute Gasteiger partial charge is 0.417 e. The number of hydrogen-bond acceptors (Lipinski definition) is 4. The maximum Gasteiger partial charge on any atom is 0.417 e. The number of alkyl halides is 6. The maximum atomic E-state index is 15.2. The van der Waals surface area contributed by atoms with Crippen molar-refractivity contribution in [3.8, 4) is 69.0 Å². The smallest absolute Gasteiger partial charge is 0.309 e. The number of fused-ring (bicyclic) bond motifs is 6. The SMILES string of the molecule is N#Cc1cc(C#N)cc(-c2ccc3c(c2)c2ccccc2n3-c2ccc(C(F)(F)F)c(-c3cc(-n4c5ccccc5c5cc(-c6cc(C#N)cc(C#N)c6)ccc54)ccc3C(F)(F)F)c2)c1. The van der Waals surface area contributed by atoms with E-state index in [1.807, 2.05) is 24.3 Å². The van der Waals surface area contributed by atoms with Gasteiger partial charge in [-0.25, -0.2) is 0 Å². The predicted molar refractivity (Wildman–Crippen MR) is 240 cm³/mol. The van der Waals surface area contributed by atoms with Gasteiger partial charge in [-0.3, -0.25) is 0 Å². The lowest BCUT2D eigenvalue weighted by Crippen LogP contribution is -2.12. The third-order valence-corrected chi connectivity index (χ3v) is 11.8. The maximum absolute atomic E-state index is 15.2. The highest BCUT2D eigenvalue weighted by molar-refractivity contribution is 6.12. The number of nitrogens with zero attached hydrogens (tertiary/aromatic N) is 6. The van der Waals surface area contributed by atoms with Gasteiger partial charge in [0.15, 0.2) is 0 Å². The summed E-state index contributed by atoms with van der Waals surface area (Å²) in [6.07, 6.45) is -10.1. The molecule has 0 amide bonds. The molecule has 0 radical (unpaired) electrons. The van der Waals surface area contributed by atoms with Gasteiger partial charge in [-0.1, -0.05) is 48.5 Å². The topological polar surface area (TPSA) is 105 Å². The first-order valence-electron chi connectivity index (χ1n) is 20.2. The van der Waals surface area contributed by atoms with E-state index in [2.05, 4.69) is 24.3 Å². The van der Waals surface area contributed by atoms with E-state index < -0.39 is 34.6 Å². The molecule has 0 fully saturated rings. The van der Waals surface area contributed by atoms with Gasteiger partial charge in [-0.15, -0.1) is 0 Å². The van der Waals surface area contributed by atoms with Gasteiger partial charge in [0.25, 0.3) is 0 Å². The molecule has 314 valence electrons. The average Bonchev–Trinajstić information content (AvgIpc) is 3.84. The number of benzene rings is 8. The summed E-state index contributed by atoms with van der Waals surface area (Å²) in [6.45, 7) is 0. The fraction of sp³-hybridized carbons (Fsp3) is 0.0370. The van der Waals surface area contributed by atoms with Crippen LogP contribution in [-0.2, 0) is 12.4 Å². The molecule has 0 saturated heterocycles. The molecule has 0 atom stereocenters. The van der Waals surface area contributed by atoms with Crippen LogP contribution in [0, 0.1) is 45.3 Å². The van der Waals surface area contributed by atoms with E-state index in [9.17, 15) is 21.0 Å². The average molecular weight is 873 g/mol. The standard InChI is InChI=1S/C54H26F6N6/c55-53(56,57)47-13-11-39(65-49-7-3-1-5-41(49)45-23-35(9-15-51(45)65)37-19-31(27-61)17-32(20-37)28-62)25-43(47)44-26-40(12-14-48(44)54(58,59)60)66-50-8-4-2-6-42(50)46-24-36(10-16-52(46)66)38-21-33(29-63)18-34(22-38)30-64/h1-26H. The van der Waals surface area contributed by atoms with Gasteiger partial charge in [-0.2, -0.15) is 47.4 Å². The minimum atomic E-state index is -5.06. The Balaban J connectivity index is 1.19. The lowest BCUT2D eigenvalue weighted by Gasteiger charge is -2.21. The van der Waals surface area contributed by atoms with Crippen LogP contribution in [0.15, 0.2) is 158 Å². The molecule has 0 aliphatic rings. The molecule has 0 aliphatic heterocycles. The first kappa shape index (κ1) is 40.9. The molecule has 0 bridgehead atoms. The monoisotopic (exact) mass is 872 g/mol. The van der Waals surface area contributed by atoms with Gasteiger partial charge in [0.05, 0.1) is 79.7 Å². The van der Waals surface area contributed by atoms with Crippen molar-refractivity contribution >= 4 is 43.6 Å². The molecule has 0 saturated carbocycles. The van der Waals surface area contributed by atoms with E-state index in [1.165, 1.54) is 24.3 Å². The van der Waals surface area contributed by atoms with Crippen molar-refractivity contribution in [2.75, 3.05) is 0 Å². The van der Waals surface area contributed by atoms with E-state index in [4.69, 9.17) is 0 Å². The first-order chi connectivity index (χ1) is 31.8. The number of halogens is 6. The van der Waals surface area contributed by atoms with Gasteiger partial charge in [0.1, 0.15) is 0 Å². The second-order valence-corrected chi connectivity index (χ2v) is 15.7. The molecule has 8 aromatic carbocycles. The van der Waals surface area contributed by atoms with Gasteiger partial charge in [0.2, 0.25) is 0 Å². The lowest BCUT2D eigenvalue weighted by molar-refractivity contribution is -0.139. The minimum absolute atomic E-state index is 0.179. The fourth-order valence-electron chi connectivity index (χ4n) is 8.99. The van der Waals surface area contributed by atoms with Crippen LogP contribution in [0.3, 0.4) is 0 Å². The number of nitriles is 4. The van der Waals surface area contributed by atoms with Crippen molar-refractivity contribution in [3.63, 3.8) is 0 Å². The van der Waals surface area contributed by atoms with Crippen molar-refractivity contribution in [2.45, 2.75) is 12.4 Å². The van der Waals surface area contributed by atoms with Crippen LogP contribution < -0.4 is 0 Å². The zero-order valence-corrected chi connectivity index (χ0v) is 34.0. The second kappa shape index (κ2) is 15.3. The fourth-order valence-corrected chi connectivity index (χ4v) is 8.99. The van der Waals surface area contributed by atoms with E-state index in [1.54, 1.807) is 94.1 Å². The van der Waals surface area contributed by atoms with E-state index >= 15 is 26.3 Å². The summed E-state index contributed by atoms with van der Waals surface area (Å²) in [6, 6.07) is 49.3. The Bertz CT molecular complexity index is 3540. The molecule has 2 heterocycles. The van der Waals surface area contributed by atoms with Gasteiger partial charge >= 0.3 is 12.4 Å². The van der Waals surface area contributed by atoms with Gasteiger partial charge < -0.3 is 9.13 Å². The van der Waals surface area contributed by atoms with Crippen LogP contribution in [0.4, 0.5) is 26.3 Å². The zero-order chi connectivity index (χ0) is 46.1. The summed E-state index contributed by atoms with van der Waals surface area (Å²) in [5.41, 5.74) is 2.44. The summed E-state index contributed by atoms with van der Waals surface area (Å²) >= 11 is 0. The molecule has 0 N–H and O–H groups in total. The molecule has 12 heteroatoms. The Hall–Kier alpha value is -9.10. The summed E-state index contributed by atoms with van der Waals surface area (Å²) in [7, 11) is 0. The Morgan fingerprint density at radius 2 is 0.682 bits per heavy atom. The molecule has 10 aromatic rings. The van der Waals surface area contributed by atoms with Crippen LogP contribution in [0.5, 0.6) is 0 Å². The van der Waals surface area contributed by atoms with Crippen LogP contribution in [0.1, 0.15) is 33.4 Å². The quantitative estimate of drug-likeness (QED) is 0.161. The molecule has 0 aliphatic carbocycles. The summed E-state index contributed by atoms with van der Waals surface area (Å²) in [5.74, 6) is 0. The van der Waals surface area contributed by atoms with E-state index in [-0.39, 0.29) is 33.6 Å². The number of aromatic nitrogens is 2. The Labute approximate surface area is 371 Å². The highest BCUT2D eigenvalue weighted by atomic mass is 19.4. The van der Waals surface area contributed by atoms with Crippen molar-refractivity contribution in [2.24, 2.45) is 0 Å². The molecular formula is C54H26F6N6. The summed E-state index contributed by atoms with van der Waals surface area (Å²) < 4.78 is 94.3. The molecule has 66 heavy (non-hydrogen) atoms. The molecule has 10 rings (SSSR count). The van der Waals surface area contributed by atoms with Crippen LogP contribution in [-0.4, -0.2) is 9.13 Å². The van der Waals surface area contributed by atoms with Crippen LogP contribution in [0.2, 0.25) is 0 Å². The number of para-hydroxylation sites is 2. The lowest BCUT2D eigenvalue weighted by atomic mass is 9.93. The van der Waals surface area contributed by atoms with E-state index in [0.29, 0.717) is 65.9 Å². The van der Waals surface area contributed by atoms with Crippen LogP contribution >= 0.6 is 0 Å². The Kier molecular flexibility index (Phi) is 9.50. The van der Waals surface area contributed by atoms with Crippen LogP contribution in [0.25, 0.3) is 88.4 Å². The molecule has 2 aromatic heterocycles. The highest BCUT2D eigenvalue weighted by Crippen LogP contribution is 2.46. The molecule has 6 nitrogen and oxygen atoms in total. The third kappa shape index (κ3) is 6.82. The Morgan fingerprint density at radius 1 is 0.333 bits per heavy atom. The van der Waals surface area contributed by atoms with Crippen molar-refractivity contribution in [1.29, 1.82) is 21.0 Å². The highest BCUT2D eigenvalue weighted by Gasteiger charge is 2.39. The summed E-state index contributed by atoms with van der Waals surface area (Å²) in [4.78, 5) is 0. The number of rotatable bonds is 5. The summed E-state index contributed by atoms with van der Waals surface area (Å²) in [5, 5.41) is 41.2. The first-order valence-corrected chi connectivity index (χ1v) is 20.2. The molecule has 0 spiro atoms. The van der Waals surface area contributed by atoms with Gasteiger partial charge in [-0.05, 0) is 143 Å². The second-order valence-electron chi connectivity index (χ2n) is 15.7. The molecular weight excluding hydrogens is 847 g/mol. The minimum Gasteiger partial charge on any atom is -0.309 e. The third-order valence-electron chi connectivity index (χ3n) is 11.8. The molecule has 0 unspecified atom stereocenters. The van der Waals surface area contributed by atoms with Crippen molar-refractivity contribution in [1.82, 2.24) is 9.13 Å². The zero-order valence-electron chi connectivity index (χ0n) is 34.0. The predicted octanol–water partition coefficient (Wildman–Crippen LogP) is 14.4. The van der Waals surface area contributed by atoms with Crippen molar-refractivity contribution < 1.29 is 26.3 Å². The van der Waals surface area contributed by atoms with Crippen molar-refractivity contribution in [3.05, 3.63) is 191 Å². The Morgan fingerprint density at radius 3 is 1.03 bits per heavy atom.